The van der Waals surface area contributed by atoms with Gasteiger partial charge in [-0.3, -0.25) is 9.69 Å². The van der Waals surface area contributed by atoms with Crippen molar-refractivity contribution < 1.29 is 18.3 Å². The van der Waals surface area contributed by atoms with Crippen LogP contribution in [0.1, 0.15) is 42.9 Å². The van der Waals surface area contributed by atoms with Crippen LogP contribution >= 0.6 is 11.6 Å². The van der Waals surface area contributed by atoms with Gasteiger partial charge in [0.05, 0.1) is 4.90 Å². The van der Waals surface area contributed by atoms with E-state index in [1.165, 1.54) is 23.3 Å². The molecule has 1 aliphatic heterocycles. The van der Waals surface area contributed by atoms with Crippen molar-refractivity contribution >= 4 is 27.6 Å². The van der Waals surface area contributed by atoms with Gasteiger partial charge < -0.3 is 5.11 Å². The lowest BCUT2D eigenvalue weighted by atomic mass is 9.94. The zero-order valence-electron chi connectivity index (χ0n) is 20.2. The maximum absolute atomic E-state index is 13.2. The third-order valence-electron chi connectivity index (χ3n) is 7.41. The Kier molecular flexibility index (Phi) is 6.45. The number of sulfonamides is 1. The minimum atomic E-state index is -4.04. The van der Waals surface area contributed by atoms with Gasteiger partial charge in [0, 0.05) is 30.1 Å². The number of nitrogens with zero attached hydrogens (tertiary/aromatic N) is 1. The maximum atomic E-state index is 13.2. The standard InChI is InChI=1S/C28H29ClN2O4S/c1-18(2)31-14-13-21-3-4-22(15-23(21)17-31)26-16-28(26,27(32)33)30-36(34,35)25-11-7-20(8-12-25)19-5-9-24(29)10-6-19/h3-12,15,18,26,30H,13-14,16-17H2,1-2H3,(H,32,33). The number of carboxylic acids is 1. The number of benzene rings is 3. The van der Waals surface area contributed by atoms with Crippen molar-refractivity contribution in [3.05, 3.63) is 88.4 Å². The van der Waals surface area contributed by atoms with E-state index in [2.05, 4.69) is 35.6 Å². The molecule has 2 aliphatic rings. The number of rotatable bonds is 7. The number of carboxylic acid groups (broad SMARTS) is 1. The summed E-state index contributed by atoms with van der Waals surface area (Å²) in [4.78, 5) is 14.7. The number of fused-ring (bicyclic) bond motifs is 1. The first-order valence-electron chi connectivity index (χ1n) is 12.1. The summed E-state index contributed by atoms with van der Waals surface area (Å²) in [5.41, 5.74) is 3.53. The predicted molar refractivity (Wildman–Crippen MR) is 141 cm³/mol. The zero-order chi connectivity index (χ0) is 25.7. The highest BCUT2D eigenvalue weighted by Gasteiger charge is 2.63. The van der Waals surface area contributed by atoms with Crippen LogP contribution in [0.2, 0.25) is 5.02 Å². The number of nitrogens with one attached hydrogen (secondary N) is 1. The molecule has 0 spiro atoms. The number of aliphatic carboxylic acids is 1. The summed E-state index contributed by atoms with van der Waals surface area (Å²) in [6.07, 6.45) is 1.18. The SMILES string of the molecule is CC(C)N1CCc2ccc(C3CC3(NS(=O)(=O)c3ccc(-c4ccc(Cl)cc4)cc3)C(=O)O)cc2C1. The molecule has 0 radical (unpaired) electrons. The van der Waals surface area contributed by atoms with Gasteiger partial charge in [-0.15, -0.1) is 0 Å². The molecular weight excluding hydrogens is 496 g/mol. The predicted octanol–water partition coefficient (Wildman–Crippen LogP) is 5.06. The Balaban J connectivity index is 1.37. The third kappa shape index (κ3) is 4.68. The summed E-state index contributed by atoms with van der Waals surface area (Å²) >= 11 is 5.95. The van der Waals surface area contributed by atoms with E-state index < -0.39 is 27.4 Å². The van der Waals surface area contributed by atoms with E-state index >= 15 is 0 Å². The van der Waals surface area contributed by atoms with Crippen LogP contribution in [0, 0.1) is 0 Å². The molecule has 3 aromatic carbocycles. The van der Waals surface area contributed by atoms with Crippen molar-refractivity contribution in [1.29, 1.82) is 0 Å². The Labute approximate surface area is 217 Å². The van der Waals surface area contributed by atoms with Gasteiger partial charge >= 0.3 is 5.97 Å². The van der Waals surface area contributed by atoms with Gasteiger partial charge in [0.1, 0.15) is 5.54 Å². The molecule has 188 valence electrons. The normalized spacial score (nSPS) is 21.8. The highest BCUT2D eigenvalue weighted by atomic mass is 35.5. The van der Waals surface area contributed by atoms with Gasteiger partial charge in [0.25, 0.3) is 0 Å². The first-order valence-corrected chi connectivity index (χ1v) is 13.9. The van der Waals surface area contributed by atoms with Crippen molar-refractivity contribution in [1.82, 2.24) is 9.62 Å². The minimum Gasteiger partial charge on any atom is -0.480 e. The lowest BCUT2D eigenvalue weighted by Crippen LogP contribution is -2.44. The summed E-state index contributed by atoms with van der Waals surface area (Å²) in [7, 11) is -4.04. The monoisotopic (exact) mass is 524 g/mol. The van der Waals surface area contributed by atoms with Crippen molar-refractivity contribution in [2.75, 3.05) is 6.54 Å². The molecule has 1 heterocycles. The molecule has 6 nitrogen and oxygen atoms in total. The van der Waals surface area contributed by atoms with E-state index in [0.29, 0.717) is 11.1 Å². The minimum absolute atomic E-state index is 0.0319. The van der Waals surface area contributed by atoms with E-state index in [0.717, 1.165) is 36.2 Å². The fourth-order valence-electron chi connectivity index (χ4n) is 5.08. The number of hydrogen-bond acceptors (Lipinski definition) is 4. The summed E-state index contributed by atoms with van der Waals surface area (Å²) in [6.45, 7) is 6.16. The van der Waals surface area contributed by atoms with Gasteiger partial charge in [-0.1, -0.05) is 54.1 Å². The molecule has 0 saturated heterocycles. The van der Waals surface area contributed by atoms with Crippen LogP contribution in [-0.2, 0) is 27.8 Å². The molecule has 0 bridgehead atoms. The molecular formula is C28H29ClN2O4S. The molecule has 2 N–H and O–H groups in total. The second-order valence-electron chi connectivity index (χ2n) is 10.0. The van der Waals surface area contributed by atoms with Gasteiger partial charge in [-0.2, -0.15) is 4.72 Å². The summed E-state index contributed by atoms with van der Waals surface area (Å²) in [6, 6.07) is 20.2. The third-order valence-corrected chi connectivity index (χ3v) is 9.18. The van der Waals surface area contributed by atoms with Crippen LogP contribution in [0.4, 0.5) is 0 Å². The molecule has 0 amide bonds. The molecule has 1 saturated carbocycles. The van der Waals surface area contributed by atoms with Gasteiger partial charge in [-0.05, 0) is 78.8 Å². The van der Waals surface area contributed by atoms with Crippen LogP contribution in [0.3, 0.4) is 0 Å². The average Bonchev–Trinajstić information content (AvgIpc) is 3.58. The van der Waals surface area contributed by atoms with Crippen LogP contribution < -0.4 is 4.72 Å². The number of carbonyl (C=O) groups is 1. The van der Waals surface area contributed by atoms with E-state index in [1.54, 1.807) is 24.3 Å². The molecule has 2 unspecified atom stereocenters. The quantitative estimate of drug-likeness (QED) is 0.451. The van der Waals surface area contributed by atoms with Gasteiger partial charge in [-0.25, -0.2) is 8.42 Å². The topological polar surface area (TPSA) is 86.7 Å². The van der Waals surface area contributed by atoms with E-state index in [4.69, 9.17) is 11.6 Å². The van der Waals surface area contributed by atoms with Gasteiger partial charge in [0.15, 0.2) is 0 Å². The highest BCUT2D eigenvalue weighted by Crippen LogP contribution is 2.53. The molecule has 2 atom stereocenters. The second kappa shape index (κ2) is 9.30. The summed E-state index contributed by atoms with van der Waals surface area (Å²) in [5, 5.41) is 10.7. The average molecular weight is 525 g/mol. The molecule has 5 rings (SSSR count). The Morgan fingerprint density at radius 1 is 1.03 bits per heavy atom. The number of hydrogen-bond donors (Lipinski definition) is 2. The number of halogens is 1. The molecule has 1 fully saturated rings. The zero-order valence-corrected chi connectivity index (χ0v) is 21.8. The fourth-order valence-corrected chi connectivity index (χ4v) is 6.61. The highest BCUT2D eigenvalue weighted by molar-refractivity contribution is 7.89. The van der Waals surface area contributed by atoms with Crippen molar-refractivity contribution in [3.8, 4) is 11.1 Å². The van der Waals surface area contributed by atoms with E-state index in [9.17, 15) is 18.3 Å². The fraction of sp³-hybridized carbons (Fsp3) is 0.321. The summed E-state index contributed by atoms with van der Waals surface area (Å²) < 4.78 is 29.0. The van der Waals surface area contributed by atoms with Crippen LogP contribution in [0.15, 0.2) is 71.6 Å². The summed E-state index contributed by atoms with van der Waals surface area (Å²) in [5.74, 6) is -1.58. The van der Waals surface area contributed by atoms with Crippen LogP contribution in [0.5, 0.6) is 0 Å². The molecule has 8 heteroatoms. The second-order valence-corrected chi connectivity index (χ2v) is 12.1. The first kappa shape index (κ1) is 25.0. The van der Waals surface area contributed by atoms with E-state index in [1.807, 2.05) is 18.2 Å². The van der Waals surface area contributed by atoms with Crippen molar-refractivity contribution in [2.24, 2.45) is 0 Å². The Morgan fingerprint density at radius 2 is 1.67 bits per heavy atom. The Morgan fingerprint density at radius 3 is 2.28 bits per heavy atom. The Hall–Kier alpha value is -2.71. The first-order chi connectivity index (χ1) is 17.1. The van der Waals surface area contributed by atoms with Crippen LogP contribution in [0.25, 0.3) is 11.1 Å². The smallest absolute Gasteiger partial charge is 0.325 e. The maximum Gasteiger partial charge on any atom is 0.325 e. The van der Waals surface area contributed by atoms with E-state index in [-0.39, 0.29) is 11.3 Å². The van der Waals surface area contributed by atoms with Gasteiger partial charge in [0.2, 0.25) is 10.0 Å². The lowest BCUT2D eigenvalue weighted by molar-refractivity contribution is -0.140. The van der Waals surface area contributed by atoms with Crippen molar-refractivity contribution in [3.63, 3.8) is 0 Å². The molecule has 0 aromatic heterocycles. The Bertz CT molecular complexity index is 1400. The molecule has 36 heavy (non-hydrogen) atoms. The lowest BCUT2D eigenvalue weighted by Gasteiger charge is -2.32. The largest absolute Gasteiger partial charge is 0.480 e. The molecule has 1 aliphatic carbocycles. The van der Waals surface area contributed by atoms with Crippen LogP contribution in [-0.4, -0.2) is 42.5 Å². The van der Waals surface area contributed by atoms with Crippen molar-refractivity contribution in [2.45, 2.75) is 55.6 Å². The molecule has 3 aromatic rings.